The van der Waals surface area contributed by atoms with Crippen molar-refractivity contribution in [2.24, 2.45) is 5.92 Å². The topological polar surface area (TPSA) is 57.6 Å². The zero-order valence-corrected chi connectivity index (χ0v) is 9.69. The quantitative estimate of drug-likeness (QED) is 0.747. The van der Waals surface area contributed by atoms with Crippen molar-refractivity contribution in [1.29, 1.82) is 0 Å². The lowest BCUT2D eigenvalue weighted by atomic mass is 10.1. The lowest BCUT2D eigenvalue weighted by Gasteiger charge is -2.26. The molecule has 0 bridgehead atoms. The molecule has 0 saturated heterocycles. The third-order valence-electron chi connectivity index (χ3n) is 3.47. The van der Waals surface area contributed by atoms with Gasteiger partial charge in [0.25, 0.3) is 0 Å². The highest BCUT2D eigenvalue weighted by Gasteiger charge is 2.38. The Bertz CT molecular complexity index is 295. The normalized spacial score (nSPS) is 21.6. The first-order chi connectivity index (χ1) is 7.59. The Balaban J connectivity index is 1.89. The zero-order chi connectivity index (χ0) is 11.7. The fraction of sp³-hybridized carbons (Fsp3) is 0.833. The monoisotopic (exact) mass is 225 g/mol. The summed E-state index contributed by atoms with van der Waals surface area (Å²) in [5, 5.41) is 8.97. The molecule has 0 radical (unpaired) electrons. The first-order valence-electron chi connectivity index (χ1n) is 6.13. The van der Waals surface area contributed by atoms with Crippen LogP contribution in [0.2, 0.25) is 0 Å². The van der Waals surface area contributed by atoms with Crippen LogP contribution in [0.5, 0.6) is 0 Å². The van der Waals surface area contributed by atoms with Gasteiger partial charge in [0.05, 0.1) is 0 Å². The van der Waals surface area contributed by atoms with E-state index in [1.54, 1.807) is 11.8 Å². The lowest BCUT2D eigenvalue weighted by Crippen LogP contribution is -2.44. The van der Waals surface area contributed by atoms with Crippen LogP contribution >= 0.6 is 0 Å². The molecule has 1 unspecified atom stereocenters. The van der Waals surface area contributed by atoms with Crippen LogP contribution in [0.1, 0.15) is 45.4 Å². The number of amides is 1. The van der Waals surface area contributed by atoms with E-state index >= 15 is 0 Å². The maximum absolute atomic E-state index is 12.0. The molecule has 2 rings (SSSR count). The van der Waals surface area contributed by atoms with Crippen LogP contribution in [0.15, 0.2) is 0 Å². The molecule has 1 atom stereocenters. The number of hydrogen-bond donors (Lipinski definition) is 1. The summed E-state index contributed by atoms with van der Waals surface area (Å²) in [6, 6.07) is -0.475. The molecule has 2 fully saturated rings. The van der Waals surface area contributed by atoms with E-state index < -0.39 is 12.0 Å². The minimum Gasteiger partial charge on any atom is -0.480 e. The Morgan fingerprint density at radius 3 is 2.38 bits per heavy atom. The van der Waals surface area contributed by atoms with Gasteiger partial charge in [0.15, 0.2) is 0 Å². The summed E-state index contributed by atoms with van der Waals surface area (Å²) in [5.41, 5.74) is 0. The molecule has 0 aromatic heterocycles. The van der Waals surface area contributed by atoms with Gasteiger partial charge in [0, 0.05) is 12.5 Å². The van der Waals surface area contributed by atoms with Gasteiger partial charge in [0.2, 0.25) is 5.91 Å². The second-order valence-electron chi connectivity index (χ2n) is 5.03. The average Bonchev–Trinajstić information content (AvgIpc) is 3.08. The lowest BCUT2D eigenvalue weighted by molar-refractivity contribution is -0.150. The summed E-state index contributed by atoms with van der Waals surface area (Å²) in [4.78, 5) is 24.5. The fourth-order valence-corrected chi connectivity index (χ4v) is 2.07. The van der Waals surface area contributed by atoms with Gasteiger partial charge in [-0.2, -0.15) is 0 Å². The summed E-state index contributed by atoms with van der Waals surface area (Å²) in [7, 11) is 0. The predicted octanol–water partition coefficient (Wildman–Crippen LogP) is 1.64. The molecule has 2 saturated carbocycles. The Hall–Kier alpha value is -1.06. The molecule has 0 aromatic carbocycles. The standard InChI is InChI=1S/C12H19NO3/c1-8(12(15)16)13(10-5-6-10)11(14)7-4-9-2-3-9/h8-10H,2-7H2,1H3,(H,15,16). The highest BCUT2D eigenvalue weighted by atomic mass is 16.4. The van der Waals surface area contributed by atoms with Crippen molar-refractivity contribution in [3.05, 3.63) is 0 Å². The van der Waals surface area contributed by atoms with E-state index in [1.807, 2.05) is 0 Å². The average molecular weight is 225 g/mol. The first-order valence-corrected chi connectivity index (χ1v) is 6.13. The second-order valence-corrected chi connectivity index (χ2v) is 5.03. The largest absolute Gasteiger partial charge is 0.480 e. The third-order valence-corrected chi connectivity index (χ3v) is 3.47. The smallest absolute Gasteiger partial charge is 0.326 e. The van der Waals surface area contributed by atoms with E-state index in [-0.39, 0.29) is 11.9 Å². The maximum atomic E-state index is 12.0. The molecule has 0 heterocycles. The summed E-state index contributed by atoms with van der Waals surface area (Å²) < 4.78 is 0. The third kappa shape index (κ3) is 2.74. The van der Waals surface area contributed by atoms with Gasteiger partial charge in [-0.1, -0.05) is 12.8 Å². The molecule has 4 heteroatoms. The first kappa shape index (κ1) is 11.4. The van der Waals surface area contributed by atoms with Crippen molar-refractivity contribution in [3.8, 4) is 0 Å². The van der Waals surface area contributed by atoms with Crippen LogP contribution in [0.3, 0.4) is 0 Å². The van der Waals surface area contributed by atoms with Gasteiger partial charge in [-0.15, -0.1) is 0 Å². The second kappa shape index (κ2) is 4.44. The van der Waals surface area contributed by atoms with Crippen molar-refractivity contribution >= 4 is 11.9 Å². The van der Waals surface area contributed by atoms with Crippen LogP contribution in [0.25, 0.3) is 0 Å². The number of hydrogen-bond acceptors (Lipinski definition) is 2. The summed E-state index contributed by atoms with van der Waals surface area (Å²) in [6.45, 7) is 1.61. The molecule has 0 aromatic rings. The minimum atomic E-state index is -0.897. The van der Waals surface area contributed by atoms with Crippen LogP contribution < -0.4 is 0 Å². The molecule has 1 N–H and O–H groups in total. The Morgan fingerprint density at radius 2 is 1.94 bits per heavy atom. The van der Waals surface area contributed by atoms with E-state index in [9.17, 15) is 9.59 Å². The van der Waals surface area contributed by atoms with Gasteiger partial charge in [-0.3, -0.25) is 4.79 Å². The van der Waals surface area contributed by atoms with E-state index in [1.165, 1.54) is 12.8 Å². The highest BCUT2D eigenvalue weighted by Crippen LogP contribution is 2.35. The van der Waals surface area contributed by atoms with E-state index in [4.69, 9.17) is 5.11 Å². The van der Waals surface area contributed by atoms with E-state index in [0.29, 0.717) is 6.42 Å². The molecule has 0 aliphatic heterocycles. The number of carbonyl (C=O) groups excluding carboxylic acids is 1. The molecular weight excluding hydrogens is 206 g/mol. The van der Waals surface area contributed by atoms with Crippen LogP contribution in [-0.2, 0) is 9.59 Å². The van der Waals surface area contributed by atoms with Crippen molar-refractivity contribution in [3.63, 3.8) is 0 Å². The van der Waals surface area contributed by atoms with Crippen molar-refractivity contribution in [2.75, 3.05) is 0 Å². The summed E-state index contributed by atoms with van der Waals surface area (Å²) >= 11 is 0. The van der Waals surface area contributed by atoms with Crippen LogP contribution in [-0.4, -0.2) is 34.0 Å². The maximum Gasteiger partial charge on any atom is 0.326 e. The highest BCUT2D eigenvalue weighted by molar-refractivity contribution is 5.84. The predicted molar refractivity (Wildman–Crippen MR) is 58.9 cm³/mol. The van der Waals surface area contributed by atoms with Gasteiger partial charge in [0.1, 0.15) is 6.04 Å². The number of nitrogens with zero attached hydrogens (tertiary/aromatic N) is 1. The molecule has 1 amide bonds. The number of carboxylic acids is 1. The fourth-order valence-electron chi connectivity index (χ4n) is 2.07. The van der Waals surface area contributed by atoms with E-state index in [2.05, 4.69) is 0 Å². The minimum absolute atomic E-state index is 0.0318. The Labute approximate surface area is 95.6 Å². The molecule has 2 aliphatic rings. The number of carbonyl (C=O) groups is 2. The van der Waals surface area contributed by atoms with Crippen LogP contribution in [0.4, 0.5) is 0 Å². The summed E-state index contributed by atoms with van der Waals surface area (Å²) in [5.74, 6) is -0.138. The molecular formula is C12H19NO3. The van der Waals surface area contributed by atoms with Crippen molar-refractivity contribution < 1.29 is 14.7 Å². The van der Waals surface area contributed by atoms with Crippen LogP contribution in [0, 0.1) is 5.92 Å². The van der Waals surface area contributed by atoms with Crippen molar-refractivity contribution in [1.82, 2.24) is 4.90 Å². The molecule has 90 valence electrons. The Kier molecular flexibility index (Phi) is 3.17. The molecule has 2 aliphatic carbocycles. The SMILES string of the molecule is CC(C(=O)O)N(C(=O)CCC1CC1)C1CC1. The number of aliphatic carboxylic acids is 1. The zero-order valence-electron chi connectivity index (χ0n) is 9.69. The van der Waals surface area contributed by atoms with Gasteiger partial charge in [-0.05, 0) is 32.1 Å². The molecule has 16 heavy (non-hydrogen) atoms. The van der Waals surface area contributed by atoms with Gasteiger partial charge in [-0.25, -0.2) is 4.79 Å². The van der Waals surface area contributed by atoms with Gasteiger partial charge < -0.3 is 10.0 Å². The molecule has 0 spiro atoms. The molecule has 4 nitrogen and oxygen atoms in total. The Morgan fingerprint density at radius 1 is 1.31 bits per heavy atom. The van der Waals surface area contributed by atoms with E-state index in [0.717, 1.165) is 25.2 Å². The van der Waals surface area contributed by atoms with Crippen molar-refractivity contribution in [2.45, 2.75) is 57.5 Å². The number of rotatable bonds is 6. The number of carboxylic acid groups (broad SMARTS) is 1. The summed E-state index contributed by atoms with van der Waals surface area (Å²) in [6.07, 6.45) is 5.88. The van der Waals surface area contributed by atoms with Gasteiger partial charge >= 0.3 is 5.97 Å².